The Kier molecular flexibility index (Phi) is 7.64. The molecule has 118 valence electrons. The molecule has 0 saturated carbocycles. The molecule has 0 aliphatic rings. The van der Waals surface area contributed by atoms with Crippen LogP contribution in [0.2, 0.25) is 0 Å². The molecular formula is C18H23ClN2O. The lowest BCUT2D eigenvalue weighted by molar-refractivity contribution is -0.124. The Labute approximate surface area is 138 Å². The van der Waals surface area contributed by atoms with Gasteiger partial charge in [-0.05, 0) is 23.1 Å². The summed E-state index contributed by atoms with van der Waals surface area (Å²) in [6.07, 6.45) is 0.823. The number of benzene rings is 2. The molecule has 0 aliphatic carbocycles. The van der Waals surface area contributed by atoms with Gasteiger partial charge in [-0.2, -0.15) is 0 Å². The lowest BCUT2D eigenvalue weighted by Gasteiger charge is -2.10. The number of nitrogens with two attached hydrogens (primary N) is 1. The SMILES string of the molecule is CC(CN)C(=O)NCCc1cccc(-c2ccccc2)c1.Cl. The summed E-state index contributed by atoms with van der Waals surface area (Å²) in [5, 5.41) is 2.92. The second-order valence-electron chi connectivity index (χ2n) is 5.24. The smallest absolute Gasteiger partial charge is 0.224 e. The van der Waals surface area contributed by atoms with Crippen molar-refractivity contribution in [2.45, 2.75) is 13.3 Å². The van der Waals surface area contributed by atoms with Gasteiger partial charge in [0.1, 0.15) is 0 Å². The van der Waals surface area contributed by atoms with Gasteiger partial charge in [-0.3, -0.25) is 4.79 Å². The molecule has 2 rings (SSSR count). The number of halogens is 1. The number of carbonyl (C=O) groups excluding carboxylic acids is 1. The Balaban J connectivity index is 0.00000242. The minimum atomic E-state index is -0.124. The number of rotatable bonds is 6. The van der Waals surface area contributed by atoms with Gasteiger partial charge >= 0.3 is 0 Å². The van der Waals surface area contributed by atoms with Crippen LogP contribution in [0.5, 0.6) is 0 Å². The molecule has 3 N–H and O–H groups in total. The van der Waals surface area contributed by atoms with Gasteiger partial charge < -0.3 is 11.1 Å². The number of nitrogens with one attached hydrogen (secondary N) is 1. The van der Waals surface area contributed by atoms with E-state index in [0.717, 1.165) is 6.42 Å². The van der Waals surface area contributed by atoms with E-state index >= 15 is 0 Å². The maximum Gasteiger partial charge on any atom is 0.224 e. The highest BCUT2D eigenvalue weighted by Gasteiger charge is 2.09. The molecule has 3 nitrogen and oxygen atoms in total. The van der Waals surface area contributed by atoms with Crippen LogP contribution in [0.3, 0.4) is 0 Å². The molecule has 0 aromatic heterocycles. The van der Waals surface area contributed by atoms with Crippen molar-refractivity contribution >= 4 is 18.3 Å². The highest BCUT2D eigenvalue weighted by molar-refractivity contribution is 5.85. The molecule has 0 spiro atoms. The van der Waals surface area contributed by atoms with Crippen molar-refractivity contribution in [2.75, 3.05) is 13.1 Å². The summed E-state index contributed by atoms with van der Waals surface area (Å²) in [5.41, 5.74) is 9.11. The third-order valence-corrected chi connectivity index (χ3v) is 3.55. The quantitative estimate of drug-likeness (QED) is 0.860. The average Bonchev–Trinajstić information content (AvgIpc) is 2.55. The van der Waals surface area contributed by atoms with Crippen molar-refractivity contribution < 1.29 is 4.79 Å². The van der Waals surface area contributed by atoms with Crippen molar-refractivity contribution in [3.63, 3.8) is 0 Å². The number of hydrogen-bond donors (Lipinski definition) is 2. The molecule has 0 heterocycles. The van der Waals surface area contributed by atoms with Crippen LogP contribution in [-0.2, 0) is 11.2 Å². The fourth-order valence-electron chi connectivity index (χ4n) is 2.15. The number of hydrogen-bond acceptors (Lipinski definition) is 2. The van der Waals surface area contributed by atoms with E-state index < -0.39 is 0 Å². The molecule has 4 heteroatoms. The largest absolute Gasteiger partial charge is 0.355 e. The molecule has 22 heavy (non-hydrogen) atoms. The summed E-state index contributed by atoms with van der Waals surface area (Å²) < 4.78 is 0. The van der Waals surface area contributed by atoms with E-state index in [2.05, 4.69) is 41.7 Å². The molecule has 1 amide bonds. The lowest BCUT2D eigenvalue weighted by atomic mass is 10.0. The van der Waals surface area contributed by atoms with Crippen LogP contribution in [0.4, 0.5) is 0 Å². The van der Waals surface area contributed by atoms with E-state index in [1.165, 1.54) is 16.7 Å². The summed E-state index contributed by atoms with van der Waals surface area (Å²) in [6, 6.07) is 18.7. The monoisotopic (exact) mass is 318 g/mol. The van der Waals surface area contributed by atoms with Gasteiger partial charge in [0.05, 0.1) is 0 Å². The van der Waals surface area contributed by atoms with Crippen LogP contribution >= 0.6 is 12.4 Å². The Morgan fingerprint density at radius 3 is 2.45 bits per heavy atom. The van der Waals surface area contributed by atoms with Crippen LogP contribution in [-0.4, -0.2) is 19.0 Å². The van der Waals surface area contributed by atoms with Crippen LogP contribution in [0, 0.1) is 5.92 Å². The maximum atomic E-state index is 11.7. The van der Waals surface area contributed by atoms with Crippen LogP contribution < -0.4 is 11.1 Å². The molecule has 0 fully saturated rings. The standard InChI is InChI=1S/C18H22N2O.ClH/c1-14(13-19)18(21)20-11-10-15-6-5-9-17(12-15)16-7-3-2-4-8-16;/h2-9,12,14H,10-11,13,19H2,1H3,(H,20,21);1H. The Hall–Kier alpha value is -1.84. The summed E-state index contributed by atoms with van der Waals surface area (Å²) in [5.74, 6) is -0.0997. The maximum absolute atomic E-state index is 11.7. The van der Waals surface area contributed by atoms with E-state index in [-0.39, 0.29) is 24.2 Å². The molecule has 0 aliphatic heterocycles. The summed E-state index contributed by atoms with van der Waals surface area (Å²) >= 11 is 0. The first-order chi connectivity index (χ1) is 10.2. The fraction of sp³-hybridized carbons (Fsp3) is 0.278. The summed E-state index contributed by atoms with van der Waals surface area (Å²) in [4.78, 5) is 11.7. The van der Waals surface area contributed by atoms with Crippen molar-refractivity contribution in [3.05, 3.63) is 60.2 Å². The molecule has 0 saturated heterocycles. The minimum absolute atomic E-state index is 0. The Bertz CT molecular complexity index is 587. The minimum Gasteiger partial charge on any atom is -0.355 e. The summed E-state index contributed by atoms with van der Waals surface area (Å²) in [7, 11) is 0. The van der Waals surface area contributed by atoms with Gasteiger partial charge in [0, 0.05) is 19.0 Å². The second-order valence-corrected chi connectivity index (χ2v) is 5.24. The van der Waals surface area contributed by atoms with Crippen molar-refractivity contribution in [3.8, 4) is 11.1 Å². The third kappa shape index (κ3) is 5.17. The van der Waals surface area contributed by atoms with Crippen LogP contribution in [0.25, 0.3) is 11.1 Å². The van der Waals surface area contributed by atoms with E-state index in [0.29, 0.717) is 13.1 Å². The Morgan fingerprint density at radius 2 is 1.77 bits per heavy atom. The third-order valence-electron chi connectivity index (χ3n) is 3.55. The van der Waals surface area contributed by atoms with Crippen LogP contribution in [0.1, 0.15) is 12.5 Å². The van der Waals surface area contributed by atoms with E-state index in [1.54, 1.807) is 0 Å². The molecule has 2 aromatic carbocycles. The zero-order valence-electron chi connectivity index (χ0n) is 12.8. The highest BCUT2D eigenvalue weighted by atomic mass is 35.5. The second kappa shape index (κ2) is 9.23. The topological polar surface area (TPSA) is 55.1 Å². The van der Waals surface area contributed by atoms with Gasteiger partial charge in [-0.25, -0.2) is 0 Å². The highest BCUT2D eigenvalue weighted by Crippen LogP contribution is 2.20. The normalized spacial score (nSPS) is 11.4. The molecule has 0 bridgehead atoms. The average molecular weight is 319 g/mol. The van der Waals surface area contributed by atoms with Crippen LogP contribution in [0.15, 0.2) is 54.6 Å². The molecular weight excluding hydrogens is 296 g/mol. The van der Waals surface area contributed by atoms with Gasteiger partial charge in [0.15, 0.2) is 0 Å². The van der Waals surface area contributed by atoms with E-state index in [9.17, 15) is 4.79 Å². The molecule has 1 unspecified atom stereocenters. The van der Waals surface area contributed by atoms with Gasteiger partial charge in [0.2, 0.25) is 5.91 Å². The zero-order chi connectivity index (χ0) is 15.1. The predicted molar refractivity (Wildman–Crippen MR) is 94.1 cm³/mol. The zero-order valence-corrected chi connectivity index (χ0v) is 13.6. The van der Waals surface area contributed by atoms with Crippen molar-refractivity contribution in [2.24, 2.45) is 11.7 Å². The van der Waals surface area contributed by atoms with E-state index in [1.807, 2.05) is 25.1 Å². The first kappa shape index (κ1) is 18.2. The van der Waals surface area contributed by atoms with Crippen molar-refractivity contribution in [1.29, 1.82) is 0 Å². The number of carbonyl (C=O) groups is 1. The molecule has 2 aromatic rings. The lowest BCUT2D eigenvalue weighted by Crippen LogP contribution is -2.34. The fourth-order valence-corrected chi connectivity index (χ4v) is 2.15. The van der Waals surface area contributed by atoms with Gasteiger partial charge in [0.25, 0.3) is 0 Å². The van der Waals surface area contributed by atoms with Crippen molar-refractivity contribution in [1.82, 2.24) is 5.32 Å². The Morgan fingerprint density at radius 1 is 1.09 bits per heavy atom. The first-order valence-corrected chi connectivity index (χ1v) is 7.33. The first-order valence-electron chi connectivity index (χ1n) is 7.33. The number of amides is 1. The predicted octanol–water partition coefficient (Wildman–Crippen LogP) is 3.03. The van der Waals surface area contributed by atoms with Gasteiger partial charge in [-0.1, -0.05) is 61.5 Å². The van der Waals surface area contributed by atoms with Gasteiger partial charge in [-0.15, -0.1) is 12.4 Å². The molecule has 1 atom stereocenters. The van der Waals surface area contributed by atoms with E-state index in [4.69, 9.17) is 5.73 Å². The molecule has 0 radical (unpaired) electrons. The summed E-state index contributed by atoms with van der Waals surface area (Å²) in [6.45, 7) is 2.86.